The van der Waals surface area contributed by atoms with Crippen LogP contribution in [0.25, 0.3) is 22.4 Å². The van der Waals surface area contributed by atoms with Gasteiger partial charge in [0.05, 0.1) is 18.5 Å². The molecule has 0 saturated heterocycles. The van der Waals surface area contributed by atoms with Crippen LogP contribution in [-0.4, -0.2) is 27.8 Å². The number of nitrogens with two attached hydrogens (primary N) is 1. The van der Waals surface area contributed by atoms with Crippen LogP contribution in [0.1, 0.15) is 34.5 Å². The summed E-state index contributed by atoms with van der Waals surface area (Å²) < 4.78 is 12.0. The Morgan fingerprint density at radius 1 is 1.33 bits per heavy atom. The monoisotopic (exact) mass is 365 g/mol. The molecule has 0 aliphatic carbocycles. The number of pyridine rings is 1. The minimum atomic E-state index is -0.578. The van der Waals surface area contributed by atoms with Crippen LogP contribution in [0.15, 0.2) is 22.7 Å². The average molecular weight is 365 g/mol. The summed E-state index contributed by atoms with van der Waals surface area (Å²) in [5.74, 6) is 0.102. The predicted octanol–water partition coefficient (Wildman–Crippen LogP) is 3.08. The Morgan fingerprint density at radius 2 is 2.07 bits per heavy atom. The molecule has 0 radical (unpaired) electrons. The Kier molecular flexibility index (Phi) is 4.69. The predicted molar refractivity (Wildman–Crippen MR) is 98.8 cm³/mol. The minimum Gasteiger partial charge on any atom is -0.463 e. The first-order valence-electron chi connectivity index (χ1n) is 8.33. The summed E-state index contributed by atoms with van der Waals surface area (Å²) in [6.45, 7) is 6.28. The molecule has 0 amide bonds. The Bertz CT molecular complexity index is 1070. The Labute approximate surface area is 156 Å². The highest BCUT2D eigenvalue weighted by Crippen LogP contribution is 2.34. The van der Waals surface area contributed by atoms with E-state index >= 15 is 0 Å². The Morgan fingerprint density at radius 3 is 2.67 bits per heavy atom. The second-order valence-electron chi connectivity index (χ2n) is 5.98. The van der Waals surface area contributed by atoms with Crippen LogP contribution in [0, 0.1) is 25.2 Å². The zero-order valence-electron chi connectivity index (χ0n) is 15.5. The number of nitriles is 1. The first-order chi connectivity index (χ1) is 12.9. The second-order valence-corrected chi connectivity index (χ2v) is 5.98. The van der Waals surface area contributed by atoms with Crippen molar-refractivity contribution in [2.75, 3.05) is 12.8 Å². The van der Waals surface area contributed by atoms with Crippen molar-refractivity contribution >= 4 is 11.8 Å². The summed E-state index contributed by atoms with van der Waals surface area (Å²) in [6, 6.07) is 5.44. The Balaban J connectivity index is 2.21. The molecule has 0 spiro atoms. The third-order valence-electron chi connectivity index (χ3n) is 4.30. The summed E-state index contributed by atoms with van der Waals surface area (Å²) in [6.07, 6.45) is 1.87. The van der Waals surface area contributed by atoms with Gasteiger partial charge in [0.25, 0.3) is 0 Å². The van der Waals surface area contributed by atoms with Crippen molar-refractivity contribution < 1.29 is 13.9 Å². The van der Waals surface area contributed by atoms with Crippen molar-refractivity contribution in [1.29, 1.82) is 5.26 Å². The molecule has 138 valence electrons. The van der Waals surface area contributed by atoms with Crippen molar-refractivity contribution in [3.8, 4) is 28.5 Å². The average Bonchev–Trinajstić information content (AvgIpc) is 3.23. The molecule has 0 bridgehead atoms. The minimum absolute atomic E-state index is 0.0752. The van der Waals surface area contributed by atoms with Gasteiger partial charge >= 0.3 is 5.97 Å². The van der Waals surface area contributed by atoms with Gasteiger partial charge in [0.2, 0.25) is 5.76 Å². The molecule has 27 heavy (non-hydrogen) atoms. The highest BCUT2D eigenvalue weighted by Gasteiger charge is 2.21. The summed E-state index contributed by atoms with van der Waals surface area (Å²) in [5, 5.41) is 14.0. The van der Waals surface area contributed by atoms with E-state index in [-0.39, 0.29) is 17.1 Å². The number of anilines is 1. The number of carbonyl (C=O) groups is 1. The van der Waals surface area contributed by atoms with Crippen LogP contribution >= 0.6 is 0 Å². The van der Waals surface area contributed by atoms with Gasteiger partial charge in [-0.3, -0.25) is 4.68 Å². The lowest BCUT2D eigenvalue weighted by atomic mass is 9.99. The van der Waals surface area contributed by atoms with Gasteiger partial charge in [-0.15, -0.1) is 0 Å². The van der Waals surface area contributed by atoms with Gasteiger partial charge in [-0.05, 0) is 26.8 Å². The smallest absolute Gasteiger partial charge is 0.373 e. The van der Waals surface area contributed by atoms with E-state index in [1.54, 1.807) is 23.7 Å². The topological polar surface area (TPSA) is 120 Å². The van der Waals surface area contributed by atoms with E-state index in [1.807, 2.05) is 20.0 Å². The molecular formula is C19H19N5O3. The van der Waals surface area contributed by atoms with Crippen LogP contribution in [0.4, 0.5) is 5.82 Å². The number of aromatic nitrogens is 3. The molecule has 3 aromatic heterocycles. The van der Waals surface area contributed by atoms with E-state index in [0.717, 1.165) is 11.3 Å². The number of ether oxygens (including phenoxy) is 1. The van der Waals surface area contributed by atoms with Crippen molar-refractivity contribution in [2.24, 2.45) is 0 Å². The van der Waals surface area contributed by atoms with E-state index in [2.05, 4.69) is 16.2 Å². The summed E-state index contributed by atoms with van der Waals surface area (Å²) >= 11 is 0. The van der Waals surface area contributed by atoms with Crippen molar-refractivity contribution in [2.45, 2.75) is 27.3 Å². The molecule has 2 N–H and O–H groups in total. The van der Waals surface area contributed by atoms with Crippen LogP contribution in [0.2, 0.25) is 0 Å². The lowest BCUT2D eigenvalue weighted by Crippen LogP contribution is -2.00. The number of rotatable bonds is 4. The number of nitrogens with zero attached hydrogens (tertiary/aromatic N) is 4. The molecule has 0 aromatic carbocycles. The molecule has 0 aliphatic rings. The number of methoxy groups -OCH3 is 1. The molecule has 0 aliphatic heterocycles. The van der Waals surface area contributed by atoms with Gasteiger partial charge in [0.1, 0.15) is 23.2 Å². The second kappa shape index (κ2) is 6.96. The van der Waals surface area contributed by atoms with E-state index in [0.29, 0.717) is 29.1 Å². The number of furan rings is 1. The maximum absolute atomic E-state index is 11.7. The molecule has 8 nitrogen and oxygen atoms in total. The highest BCUT2D eigenvalue weighted by atomic mass is 16.5. The van der Waals surface area contributed by atoms with Gasteiger partial charge in [0.15, 0.2) is 0 Å². The number of hydrogen-bond donors (Lipinski definition) is 1. The van der Waals surface area contributed by atoms with Crippen LogP contribution in [0.3, 0.4) is 0 Å². The lowest BCUT2D eigenvalue weighted by Gasteiger charge is -2.08. The molecule has 0 fully saturated rings. The number of carbonyl (C=O) groups excluding carboxylic acids is 1. The van der Waals surface area contributed by atoms with E-state index in [9.17, 15) is 10.1 Å². The highest BCUT2D eigenvalue weighted by molar-refractivity contribution is 5.89. The van der Waals surface area contributed by atoms with Gasteiger partial charge in [-0.2, -0.15) is 10.4 Å². The fourth-order valence-corrected chi connectivity index (χ4v) is 2.91. The maximum Gasteiger partial charge on any atom is 0.373 e. The molecule has 8 heteroatoms. The molecule has 3 aromatic rings. The van der Waals surface area contributed by atoms with Gasteiger partial charge in [-0.25, -0.2) is 9.78 Å². The summed E-state index contributed by atoms with van der Waals surface area (Å²) in [7, 11) is 1.28. The molecule has 3 heterocycles. The third-order valence-corrected chi connectivity index (χ3v) is 4.30. The van der Waals surface area contributed by atoms with Gasteiger partial charge in [-0.1, -0.05) is 0 Å². The molecule has 0 unspecified atom stereocenters. The number of nitrogen functional groups attached to an aromatic ring is 1. The fourth-order valence-electron chi connectivity index (χ4n) is 2.91. The van der Waals surface area contributed by atoms with Gasteiger partial charge in [0, 0.05) is 35.5 Å². The Hall–Kier alpha value is -3.60. The molecule has 0 saturated carbocycles. The summed E-state index contributed by atoms with van der Waals surface area (Å²) in [5.41, 5.74) is 9.67. The van der Waals surface area contributed by atoms with Crippen molar-refractivity contribution in [3.63, 3.8) is 0 Å². The normalized spacial score (nSPS) is 10.6. The zero-order valence-corrected chi connectivity index (χ0v) is 15.5. The van der Waals surface area contributed by atoms with Crippen LogP contribution in [-0.2, 0) is 11.3 Å². The molecular weight excluding hydrogens is 346 g/mol. The lowest BCUT2D eigenvalue weighted by molar-refractivity contribution is 0.0563. The number of hydrogen-bond acceptors (Lipinski definition) is 7. The standard InChI is InChI=1S/C19H19N5O3/c1-5-24-9-15(10(2)23-24)13-6-16(22-18(21)14(13)8-20)12-7-17(19(25)26-4)27-11(12)3/h6-7,9H,5H2,1-4H3,(H2,21,22). The molecule has 3 rings (SSSR count). The van der Waals surface area contributed by atoms with Crippen LogP contribution < -0.4 is 5.73 Å². The van der Waals surface area contributed by atoms with Gasteiger partial charge < -0.3 is 14.9 Å². The number of esters is 1. The fraction of sp³-hybridized carbons (Fsp3) is 0.263. The van der Waals surface area contributed by atoms with Crippen molar-refractivity contribution in [3.05, 3.63) is 41.1 Å². The van der Waals surface area contributed by atoms with Crippen molar-refractivity contribution in [1.82, 2.24) is 14.8 Å². The largest absolute Gasteiger partial charge is 0.463 e. The maximum atomic E-state index is 11.7. The first kappa shape index (κ1) is 18.2. The number of aryl methyl sites for hydroxylation is 3. The zero-order chi connectivity index (χ0) is 19.7. The quantitative estimate of drug-likeness (QED) is 0.705. The van der Waals surface area contributed by atoms with E-state index < -0.39 is 5.97 Å². The first-order valence-corrected chi connectivity index (χ1v) is 8.33. The van der Waals surface area contributed by atoms with E-state index in [4.69, 9.17) is 14.9 Å². The SMILES string of the molecule is CCn1cc(-c2cc(-c3cc(C(=O)OC)oc3C)nc(N)c2C#N)c(C)n1. The summed E-state index contributed by atoms with van der Waals surface area (Å²) in [4.78, 5) is 16.1. The third kappa shape index (κ3) is 3.15. The van der Waals surface area contributed by atoms with E-state index in [1.165, 1.54) is 7.11 Å². The molecule has 0 atom stereocenters. The van der Waals surface area contributed by atoms with Crippen LogP contribution in [0.5, 0.6) is 0 Å².